The largest absolute Gasteiger partial charge is 0.312 e. The van der Waals surface area contributed by atoms with E-state index in [2.05, 4.69) is 41.6 Å². The second-order valence-electron chi connectivity index (χ2n) is 5.23. The molecule has 2 heterocycles. The predicted octanol–water partition coefficient (Wildman–Crippen LogP) is 1.35. The second-order valence-corrected chi connectivity index (χ2v) is 5.23. The van der Waals surface area contributed by atoms with Crippen LogP contribution in [0.2, 0.25) is 0 Å². The molecule has 0 aromatic carbocycles. The van der Waals surface area contributed by atoms with E-state index in [9.17, 15) is 0 Å². The highest BCUT2D eigenvalue weighted by molar-refractivity contribution is 5.10. The van der Waals surface area contributed by atoms with Crippen LogP contribution >= 0.6 is 0 Å². The van der Waals surface area contributed by atoms with Gasteiger partial charge in [0.25, 0.3) is 0 Å². The smallest absolute Gasteiger partial charge is 0.0270 e. The van der Waals surface area contributed by atoms with Gasteiger partial charge < -0.3 is 10.6 Å². The van der Waals surface area contributed by atoms with Crippen LogP contribution in [0.1, 0.15) is 25.8 Å². The molecular weight excluding hydrogens is 198 g/mol. The van der Waals surface area contributed by atoms with Gasteiger partial charge >= 0.3 is 0 Å². The van der Waals surface area contributed by atoms with Crippen LogP contribution in [-0.4, -0.2) is 29.7 Å². The van der Waals surface area contributed by atoms with E-state index >= 15 is 0 Å². The zero-order chi connectivity index (χ0) is 11.4. The molecule has 0 aliphatic carbocycles. The molecule has 0 spiro atoms. The van der Waals surface area contributed by atoms with Gasteiger partial charge in [0.15, 0.2) is 0 Å². The van der Waals surface area contributed by atoms with Crippen molar-refractivity contribution in [1.82, 2.24) is 15.6 Å². The Morgan fingerprint density at radius 1 is 1.44 bits per heavy atom. The van der Waals surface area contributed by atoms with Crippen molar-refractivity contribution in [2.24, 2.45) is 0 Å². The minimum atomic E-state index is 0.300. The van der Waals surface area contributed by atoms with Gasteiger partial charge in [-0.25, -0.2) is 0 Å². The van der Waals surface area contributed by atoms with Crippen molar-refractivity contribution in [3.8, 4) is 0 Å². The lowest BCUT2D eigenvalue weighted by molar-refractivity contribution is 0.443. The van der Waals surface area contributed by atoms with Gasteiger partial charge in [-0.1, -0.05) is 0 Å². The second kappa shape index (κ2) is 4.93. The van der Waals surface area contributed by atoms with Crippen molar-refractivity contribution in [2.75, 3.05) is 13.1 Å². The summed E-state index contributed by atoms with van der Waals surface area (Å²) in [5.41, 5.74) is 1.65. The summed E-state index contributed by atoms with van der Waals surface area (Å²) in [5, 5.41) is 7.12. The summed E-state index contributed by atoms with van der Waals surface area (Å²) in [6.07, 6.45) is 6.01. The van der Waals surface area contributed by atoms with E-state index in [-0.39, 0.29) is 0 Å². The lowest BCUT2D eigenvalue weighted by atomic mass is 10.0. The number of hydrogen-bond donors (Lipinski definition) is 2. The molecule has 0 saturated carbocycles. The summed E-state index contributed by atoms with van der Waals surface area (Å²) in [7, 11) is 0. The van der Waals surface area contributed by atoms with Gasteiger partial charge in [0, 0.05) is 30.5 Å². The standard InChI is InChI=1S/C13H21N3/c1-13(2)9-12(10-16-13)15-8-5-11-3-6-14-7-4-11/h3-4,6-7,12,15-16H,5,8-10H2,1-2H3. The Kier molecular flexibility index (Phi) is 3.56. The van der Waals surface area contributed by atoms with E-state index in [0.717, 1.165) is 19.5 Å². The van der Waals surface area contributed by atoms with Gasteiger partial charge in [-0.15, -0.1) is 0 Å². The van der Waals surface area contributed by atoms with E-state index in [1.807, 2.05) is 12.4 Å². The third kappa shape index (κ3) is 3.29. The lowest BCUT2D eigenvalue weighted by Gasteiger charge is -2.17. The highest BCUT2D eigenvalue weighted by Crippen LogP contribution is 2.17. The van der Waals surface area contributed by atoms with Crippen molar-refractivity contribution in [3.63, 3.8) is 0 Å². The van der Waals surface area contributed by atoms with Crippen LogP contribution in [-0.2, 0) is 6.42 Å². The normalized spacial score (nSPS) is 23.5. The number of rotatable bonds is 4. The minimum Gasteiger partial charge on any atom is -0.312 e. The van der Waals surface area contributed by atoms with Crippen LogP contribution in [0.4, 0.5) is 0 Å². The third-order valence-electron chi connectivity index (χ3n) is 3.18. The van der Waals surface area contributed by atoms with Crippen LogP contribution in [0.25, 0.3) is 0 Å². The zero-order valence-electron chi connectivity index (χ0n) is 10.2. The van der Waals surface area contributed by atoms with E-state index in [4.69, 9.17) is 0 Å². The molecule has 3 nitrogen and oxygen atoms in total. The Morgan fingerprint density at radius 3 is 2.81 bits per heavy atom. The monoisotopic (exact) mass is 219 g/mol. The van der Waals surface area contributed by atoms with Gasteiger partial charge in [0.05, 0.1) is 0 Å². The van der Waals surface area contributed by atoms with Gasteiger partial charge in [-0.3, -0.25) is 4.98 Å². The summed E-state index contributed by atoms with van der Waals surface area (Å²) >= 11 is 0. The van der Waals surface area contributed by atoms with Crippen LogP contribution < -0.4 is 10.6 Å². The zero-order valence-corrected chi connectivity index (χ0v) is 10.2. The fourth-order valence-corrected chi connectivity index (χ4v) is 2.27. The predicted molar refractivity (Wildman–Crippen MR) is 66.4 cm³/mol. The Bertz CT molecular complexity index is 321. The highest BCUT2D eigenvalue weighted by Gasteiger charge is 2.29. The average Bonchev–Trinajstić information content (AvgIpc) is 2.60. The fourth-order valence-electron chi connectivity index (χ4n) is 2.27. The molecule has 1 aliphatic heterocycles. The molecule has 1 aromatic rings. The maximum Gasteiger partial charge on any atom is 0.0270 e. The summed E-state index contributed by atoms with van der Waals surface area (Å²) < 4.78 is 0. The summed E-state index contributed by atoms with van der Waals surface area (Å²) in [6, 6.07) is 4.79. The molecule has 1 fully saturated rings. The molecule has 1 atom stereocenters. The average molecular weight is 219 g/mol. The molecule has 2 rings (SSSR count). The Labute approximate surface area is 97.7 Å². The van der Waals surface area contributed by atoms with Gasteiger partial charge in [-0.05, 0) is 50.9 Å². The molecule has 0 bridgehead atoms. The highest BCUT2D eigenvalue weighted by atomic mass is 15.1. The molecule has 0 amide bonds. The topological polar surface area (TPSA) is 37.0 Å². The van der Waals surface area contributed by atoms with Crippen LogP contribution in [0.3, 0.4) is 0 Å². The number of nitrogens with zero attached hydrogens (tertiary/aromatic N) is 1. The maximum absolute atomic E-state index is 4.02. The first-order valence-electron chi connectivity index (χ1n) is 6.03. The maximum atomic E-state index is 4.02. The molecule has 1 saturated heterocycles. The van der Waals surface area contributed by atoms with E-state index in [1.165, 1.54) is 12.0 Å². The van der Waals surface area contributed by atoms with Gasteiger partial charge in [-0.2, -0.15) is 0 Å². The molecule has 16 heavy (non-hydrogen) atoms. The van der Waals surface area contributed by atoms with E-state index < -0.39 is 0 Å². The molecular formula is C13H21N3. The van der Waals surface area contributed by atoms with Crippen molar-refractivity contribution in [2.45, 2.75) is 38.3 Å². The number of nitrogens with one attached hydrogen (secondary N) is 2. The molecule has 1 aromatic heterocycles. The number of aromatic nitrogens is 1. The van der Waals surface area contributed by atoms with Crippen molar-refractivity contribution < 1.29 is 0 Å². The van der Waals surface area contributed by atoms with Crippen LogP contribution in [0, 0.1) is 0 Å². The summed E-state index contributed by atoms with van der Waals surface area (Å²) in [5.74, 6) is 0. The molecule has 0 radical (unpaired) electrons. The quantitative estimate of drug-likeness (QED) is 0.802. The van der Waals surface area contributed by atoms with Crippen LogP contribution in [0.15, 0.2) is 24.5 Å². The first-order chi connectivity index (χ1) is 7.66. The van der Waals surface area contributed by atoms with Crippen LogP contribution in [0.5, 0.6) is 0 Å². The van der Waals surface area contributed by atoms with Crippen molar-refractivity contribution in [1.29, 1.82) is 0 Å². The van der Waals surface area contributed by atoms with E-state index in [1.54, 1.807) is 0 Å². The summed E-state index contributed by atoms with van der Waals surface area (Å²) in [4.78, 5) is 4.02. The van der Waals surface area contributed by atoms with Crippen molar-refractivity contribution >= 4 is 0 Å². The fraction of sp³-hybridized carbons (Fsp3) is 0.615. The molecule has 1 unspecified atom stereocenters. The number of pyridine rings is 1. The minimum absolute atomic E-state index is 0.300. The Balaban J connectivity index is 1.70. The third-order valence-corrected chi connectivity index (χ3v) is 3.18. The van der Waals surface area contributed by atoms with Gasteiger partial charge in [0.1, 0.15) is 0 Å². The lowest BCUT2D eigenvalue weighted by Crippen LogP contribution is -2.32. The van der Waals surface area contributed by atoms with Gasteiger partial charge in [0.2, 0.25) is 0 Å². The first-order valence-corrected chi connectivity index (χ1v) is 6.03. The Hall–Kier alpha value is -0.930. The Morgan fingerprint density at radius 2 is 2.19 bits per heavy atom. The SMILES string of the molecule is CC1(C)CC(NCCc2ccncc2)CN1. The molecule has 1 aliphatic rings. The molecule has 88 valence electrons. The van der Waals surface area contributed by atoms with E-state index in [0.29, 0.717) is 11.6 Å². The molecule has 3 heteroatoms. The van der Waals surface area contributed by atoms with Crippen molar-refractivity contribution in [3.05, 3.63) is 30.1 Å². The summed E-state index contributed by atoms with van der Waals surface area (Å²) in [6.45, 7) is 6.66. The molecule has 2 N–H and O–H groups in total. The first kappa shape index (κ1) is 11.6. The number of hydrogen-bond acceptors (Lipinski definition) is 3.